The molecule has 0 aliphatic carbocycles. The van der Waals surface area contributed by atoms with E-state index in [1.165, 1.54) is 0 Å². The van der Waals surface area contributed by atoms with E-state index in [9.17, 15) is 24.2 Å². The molecular weight excluding hydrogens is 333 g/mol. The second-order valence-electron chi connectivity index (χ2n) is 5.87. The molecule has 0 aliphatic heterocycles. The van der Waals surface area contributed by atoms with Crippen LogP contribution < -0.4 is 0 Å². The van der Waals surface area contributed by atoms with Crippen LogP contribution in [0, 0.1) is 5.92 Å². The molecule has 0 bridgehead atoms. The highest BCUT2D eigenvalue weighted by Gasteiger charge is 2.35. The summed E-state index contributed by atoms with van der Waals surface area (Å²) in [5.41, 5.74) is 0.735. The van der Waals surface area contributed by atoms with Gasteiger partial charge in [0.25, 0.3) is 0 Å². The van der Waals surface area contributed by atoms with Crippen LogP contribution in [-0.2, 0) is 14.2 Å². The molecule has 4 N–H and O–H groups in total. The minimum absolute atomic E-state index is 0.171. The first-order chi connectivity index (χ1) is 11.2. The van der Waals surface area contributed by atoms with Crippen LogP contribution in [0.4, 0.5) is 0 Å². The van der Waals surface area contributed by atoms with E-state index in [2.05, 4.69) is 4.98 Å². The SMILES string of the molecule is CC(c1c[nH]c2ccccc12)P(=O)(O)CC(CCC(=O)O)C(=O)O. The van der Waals surface area contributed by atoms with E-state index in [1.54, 1.807) is 13.1 Å². The Balaban J connectivity index is 2.22. The number of aromatic nitrogens is 1. The van der Waals surface area contributed by atoms with Crippen molar-refractivity contribution in [2.24, 2.45) is 5.92 Å². The zero-order chi connectivity index (χ0) is 17.9. The Morgan fingerprint density at radius 2 is 1.92 bits per heavy atom. The van der Waals surface area contributed by atoms with Crippen LogP contribution in [0.3, 0.4) is 0 Å². The highest BCUT2D eigenvalue weighted by Crippen LogP contribution is 2.57. The number of hydrogen-bond donors (Lipinski definition) is 4. The fourth-order valence-electron chi connectivity index (χ4n) is 2.72. The number of para-hydroxylation sites is 1. The first-order valence-corrected chi connectivity index (χ1v) is 9.46. The van der Waals surface area contributed by atoms with Gasteiger partial charge in [0, 0.05) is 29.7 Å². The van der Waals surface area contributed by atoms with Gasteiger partial charge in [-0.1, -0.05) is 18.2 Å². The Hall–Kier alpha value is -2.11. The van der Waals surface area contributed by atoms with E-state index in [0.29, 0.717) is 5.56 Å². The van der Waals surface area contributed by atoms with E-state index in [4.69, 9.17) is 5.11 Å². The van der Waals surface area contributed by atoms with Crippen molar-refractivity contribution in [3.63, 3.8) is 0 Å². The molecule has 1 aromatic heterocycles. The molecule has 1 aromatic carbocycles. The summed E-state index contributed by atoms with van der Waals surface area (Å²) in [5, 5.41) is 18.7. The molecule has 8 heteroatoms. The Morgan fingerprint density at radius 3 is 2.54 bits per heavy atom. The number of H-pyrrole nitrogens is 1. The number of hydrogen-bond acceptors (Lipinski definition) is 3. The summed E-state index contributed by atoms with van der Waals surface area (Å²) >= 11 is 0. The van der Waals surface area contributed by atoms with Gasteiger partial charge in [0.1, 0.15) is 0 Å². The maximum atomic E-state index is 12.7. The summed E-state index contributed by atoms with van der Waals surface area (Å²) in [6.07, 6.45) is 0.690. The van der Waals surface area contributed by atoms with Crippen LogP contribution in [0.2, 0.25) is 0 Å². The third kappa shape index (κ3) is 4.04. The van der Waals surface area contributed by atoms with Crippen molar-refractivity contribution in [3.05, 3.63) is 36.0 Å². The lowest BCUT2D eigenvalue weighted by atomic mass is 10.1. The number of nitrogens with one attached hydrogen (secondary N) is 1. The third-order valence-corrected chi connectivity index (χ3v) is 6.67. The van der Waals surface area contributed by atoms with Gasteiger partial charge in [-0.2, -0.15) is 0 Å². The van der Waals surface area contributed by atoms with E-state index >= 15 is 0 Å². The summed E-state index contributed by atoms with van der Waals surface area (Å²) in [5.74, 6) is -3.54. The van der Waals surface area contributed by atoms with Crippen molar-refractivity contribution < 1.29 is 29.3 Å². The summed E-state index contributed by atoms with van der Waals surface area (Å²) < 4.78 is 12.7. The van der Waals surface area contributed by atoms with Crippen LogP contribution in [0.25, 0.3) is 10.9 Å². The molecule has 24 heavy (non-hydrogen) atoms. The molecule has 0 saturated carbocycles. The number of benzene rings is 1. The largest absolute Gasteiger partial charge is 0.481 e. The van der Waals surface area contributed by atoms with Crippen LogP contribution in [0.1, 0.15) is 31.0 Å². The maximum Gasteiger partial charge on any atom is 0.307 e. The molecule has 7 nitrogen and oxygen atoms in total. The van der Waals surface area contributed by atoms with Crippen molar-refractivity contribution in [2.75, 3.05) is 6.16 Å². The molecule has 2 aromatic rings. The lowest BCUT2D eigenvalue weighted by Gasteiger charge is -2.22. The average Bonchev–Trinajstić information content (AvgIpc) is 2.94. The highest BCUT2D eigenvalue weighted by atomic mass is 31.2. The van der Waals surface area contributed by atoms with E-state index in [1.807, 2.05) is 24.3 Å². The minimum Gasteiger partial charge on any atom is -0.481 e. The molecule has 3 atom stereocenters. The number of carbonyl (C=O) groups is 2. The van der Waals surface area contributed by atoms with Gasteiger partial charge >= 0.3 is 11.9 Å². The topological polar surface area (TPSA) is 128 Å². The molecule has 0 spiro atoms. The van der Waals surface area contributed by atoms with Crippen molar-refractivity contribution in [2.45, 2.75) is 25.4 Å². The summed E-state index contributed by atoms with van der Waals surface area (Å²) in [6, 6.07) is 7.34. The molecule has 0 radical (unpaired) electrons. The second kappa shape index (κ2) is 7.20. The van der Waals surface area contributed by atoms with Gasteiger partial charge in [0.2, 0.25) is 7.37 Å². The van der Waals surface area contributed by atoms with Gasteiger partial charge in [-0.05, 0) is 25.0 Å². The molecular formula is C16H20NO6P. The maximum absolute atomic E-state index is 12.7. The number of aromatic amines is 1. The molecule has 1 heterocycles. The lowest BCUT2D eigenvalue weighted by Crippen LogP contribution is -2.20. The van der Waals surface area contributed by atoms with Gasteiger partial charge in [0.15, 0.2) is 0 Å². The van der Waals surface area contributed by atoms with E-state index in [-0.39, 0.29) is 12.8 Å². The smallest absolute Gasteiger partial charge is 0.307 e. The van der Waals surface area contributed by atoms with Gasteiger partial charge in [-0.15, -0.1) is 0 Å². The van der Waals surface area contributed by atoms with E-state index < -0.39 is 37.0 Å². The number of carboxylic acid groups (broad SMARTS) is 2. The average molecular weight is 353 g/mol. The van der Waals surface area contributed by atoms with Crippen LogP contribution in [-0.4, -0.2) is 38.2 Å². The number of aliphatic carboxylic acids is 2. The van der Waals surface area contributed by atoms with Crippen LogP contribution >= 0.6 is 7.37 Å². The molecule has 130 valence electrons. The molecule has 0 amide bonds. The van der Waals surface area contributed by atoms with Crippen molar-refractivity contribution >= 4 is 30.2 Å². The number of fused-ring (bicyclic) bond motifs is 1. The zero-order valence-corrected chi connectivity index (χ0v) is 14.1. The Kier molecular flexibility index (Phi) is 5.47. The summed E-state index contributed by atoms with van der Waals surface area (Å²) in [4.78, 5) is 35.4. The van der Waals surface area contributed by atoms with E-state index in [0.717, 1.165) is 10.9 Å². The number of carboxylic acids is 2. The Bertz CT molecular complexity index is 799. The summed E-state index contributed by atoms with van der Waals surface area (Å²) in [6.45, 7) is 1.59. The predicted octanol–water partition coefficient (Wildman–Crippen LogP) is 3.06. The van der Waals surface area contributed by atoms with Crippen LogP contribution in [0.5, 0.6) is 0 Å². The Labute approximate surface area is 138 Å². The Morgan fingerprint density at radius 1 is 1.25 bits per heavy atom. The zero-order valence-electron chi connectivity index (χ0n) is 13.2. The summed E-state index contributed by atoms with van der Waals surface area (Å²) in [7, 11) is -3.84. The van der Waals surface area contributed by atoms with Gasteiger partial charge in [0.05, 0.1) is 11.6 Å². The first kappa shape index (κ1) is 18.2. The molecule has 0 aliphatic rings. The van der Waals surface area contributed by atoms with Crippen molar-refractivity contribution in [1.29, 1.82) is 0 Å². The third-order valence-electron chi connectivity index (χ3n) is 4.21. The monoisotopic (exact) mass is 353 g/mol. The normalized spacial score (nSPS) is 16.4. The van der Waals surface area contributed by atoms with Crippen molar-refractivity contribution in [1.82, 2.24) is 4.98 Å². The van der Waals surface area contributed by atoms with Crippen molar-refractivity contribution in [3.8, 4) is 0 Å². The second-order valence-corrected chi connectivity index (χ2v) is 8.52. The van der Waals surface area contributed by atoms with Gasteiger partial charge < -0.3 is 20.1 Å². The number of rotatable bonds is 8. The fourth-order valence-corrected chi connectivity index (χ4v) is 4.66. The fraction of sp³-hybridized carbons (Fsp3) is 0.375. The quantitative estimate of drug-likeness (QED) is 0.540. The highest BCUT2D eigenvalue weighted by molar-refractivity contribution is 7.58. The molecule has 2 rings (SSSR count). The predicted molar refractivity (Wildman–Crippen MR) is 89.4 cm³/mol. The molecule has 0 saturated heterocycles. The van der Waals surface area contributed by atoms with Gasteiger partial charge in [-0.25, -0.2) is 0 Å². The standard InChI is InChI=1S/C16H20NO6P/c1-10(13-8-17-14-5-3-2-4-12(13)14)24(22,23)9-11(16(20)21)6-7-15(18)19/h2-5,8,10-11,17H,6-7,9H2,1H3,(H,18,19)(H,20,21)(H,22,23). The first-order valence-electron chi connectivity index (χ1n) is 7.54. The molecule has 0 fully saturated rings. The van der Waals surface area contributed by atoms with Gasteiger partial charge in [-0.3, -0.25) is 14.2 Å². The minimum atomic E-state index is -3.84. The van der Waals surface area contributed by atoms with Crippen LogP contribution in [0.15, 0.2) is 30.5 Å². The molecule has 3 unspecified atom stereocenters. The lowest BCUT2D eigenvalue weighted by molar-refractivity contribution is -0.142.